The predicted octanol–water partition coefficient (Wildman–Crippen LogP) is 6.95. The molecule has 0 heterocycles. The highest BCUT2D eigenvalue weighted by molar-refractivity contribution is 6.35. The maximum Gasteiger partial charge on any atom is 0.161 e. The zero-order chi connectivity index (χ0) is 20.5. The van der Waals surface area contributed by atoms with Crippen LogP contribution in [0, 0.1) is 0 Å². The number of halogens is 2. The molecular weight excluding hydrogens is 405 g/mol. The molecule has 0 aromatic heterocycles. The standard InChI is InChI=1S/C24H29Cl2NO2/c1-2-28-24-15-19(16-27-14-13-18-7-4-3-5-8-18)11-12-23(24)29-17-20-21(25)9-6-10-22(20)26/h6-7,9-12,15,27H,2-5,8,13-14,16-17H2,1H3. The monoisotopic (exact) mass is 433 g/mol. The van der Waals surface area contributed by atoms with Gasteiger partial charge in [0.05, 0.1) is 6.61 Å². The highest BCUT2D eigenvalue weighted by Crippen LogP contribution is 2.31. The Bertz CT molecular complexity index is 815. The van der Waals surface area contributed by atoms with E-state index in [-0.39, 0.29) is 0 Å². The molecule has 2 aromatic carbocycles. The van der Waals surface area contributed by atoms with Crippen molar-refractivity contribution in [2.45, 2.75) is 52.2 Å². The summed E-state index contributed by atoms with van der Waals surface area (Å²) in [6.07, 6.45) is 8.73. The van der Waals surface area contributed by atoms with Gasteiger partial charge < -0.3 is 14.8 Å². The van der Waals surface area contributed by atoms with Crippen molar-refractivity contribution in [3.63, 3.8) is 0 Å². The number of benzene rings is 2. The second-order valence-corrected chi connectivity index (χ2v) is 8.05. The van der Waals surface area contributed by atoms with Crippen LogP contribution in [0.5, 0.6) is 11.5 Å². The molecule has 1 aliphatic carbocycles. The lowest BCUT2D eigenvalue weighted by atomic mass is 9.97. The summed E-state index contributed by atoms with van der Waals surface area (Å²) in [6.45, 7) is 4.65. The lowest BCUT2D eigenvalue weighted by Gasteiger charge is -2.15. The van der Waals surface area contributed by atoms with Crippen LogP contribution in [0.15, 0.2) is 48.0 Å². The zero-order valence-electron chi connectivity index (χ0n) is 17.0. The molecule has 0 fully saturated rings. The third-order valence-electron chi connectivity index (χ3n) is 5.08. The molecule has 0 spiro atoms. The van der Waals surface area contributed by atoms with Crippen molar-refractivity contribution >= 4 is 23.2 Å². The summed E-state index contributed by atoms with van der Waals surface area (Å²) in [5.41, 5.74) is 3.55. The first kappa shape index (κ1) is 22.0. The Morgan fingerprint density at radius 1 is 1.00 bits per heavy atom. The second-order valence-electron chi connectivity index (χ2n) is 7.24. The summed E-state index contributed by atoms with van der Waals surface area (Å²) in [5.74, 6) is 1.43. The average molecular weight is 434 g/mol. The zero-order valence-corrected chi connectivity index (χ0v) is 18.5. The minimum absolute atomic E-state index is 0.297. The fourth-order valence-electron chi connectivity index (χ4n) is 3.48. The smallest absolute Gasteiger partial charge is 0.161 e. The van der Waals surface area contributed by atoms with Crippen molar-refractivity contribution < 1.29 is 9.47 Å². The molecule has 3 rings (SSSR count). The SMILES string of the molecule is CCOc1cc(CNCCC2=CCCCC2)ccc1OCc1c(Cl)cccc1Cl. The lowest BCUT2D eigenvalue weighted by molar-refractivity contribution is 0.269. The van der Waals surface area contributed by atoms with Crippen molar-refractivity contribution in [1.29, 1.82) is 0 Å². The molecule has 0 atom stereocenters. The van der Waals surface area contributed by atoms with E-state index < -0.39 is 0 Å². The van der Waals surface area contributed by atoms with E-state index in [0.29, 0.717) is 29.0 Å². The minimum Gasteiger partial charge on any atom is -0.490 e. The first-order chi connectivity index (χ1) is 14.2. The van der Waals surface area contributed by atoms with E-state index in [1.807, 2.05) is 37.3 Å². The van der Waals surface area contributed by atoms with Gasteiger partial charge in [-0.25, -0.2) is 0 Å². The number of hydrogen-bond donors (Lipinski definition) is 1. The predicted molar refractivity (Wildman–Crippen MR) is 121 cm³/mol. The molecule has 0 bridgehead atoms. The van der Waals surface area contributed by atoms with Crippen molar-refractivity contribution in [3.05, 3.63) is 69.2 Å². The summed E-state index contributed by atoms with van der Waals surface area (Å²) in [7, 11) is 0. The fraction of sp³-hybridized carbons (Fsp3) is 0.417. The van der Waals surface area contributed by atoms with Crippen LogP contribution in [0.4, 0.5) is 0 Å². The first-order valence-electron chi connectivity index (χ1n) is 10.4. The van der Waals surface area contributed by atoms with Gasteiger partial charge >= 0.3 is 0 Å². The molecule has 0 aliphatic heterocycles. The van der Waals surface area contributed by atoms with Crippen LogP contribution in [-0.2, 0) is 13.2 Å². The van der Waals surface area contributed by atoms with Crippen molar-refractivity contribution in [3.8, 4) is 11.5 Å². The Morgan fingerprint density at radius 3 is 2.55 bits per heavy atom. The maximum atomic E-state index is 6.24. The number of allylic oxidation sites excluding steroid dienone is 1. The number of nitrogens with one attached hydrogen (secondary N) is 1. The molecule has 1 N–H and O–H groups in total. The van der Waals surface area contributed by atoms with Crippen LogP contribution in [-0.4, -0.2) is 13.2 Å². The number of ether oxygens (including phenoxy) is 2. The largest absolute Gasteiger partial charge is 0.490 e. The van der Waals surface area contributed by atoms with Crippen molar-refractivity contribution in [1.82, 2.24) is 5.32 Å². The molecule has 0 radical (unpaired) electrons. The minimum atomic E-state index is 0.297. The Hall–Kier alpha value is -1.68. The summed E-state index contributed by atoms with van der Waals surface area (Å²) >= 11 is 12.5. The Labute approximate surface area is 184 Å². The highest BCUT2D eigenvalue weighted by atomic mass is 35.5. The van der Waals surface area contributed by atoms with E-state index in [2.05, 4.69) is 17.5 Å². The Morgan fingerprint density at radius 2 is 1.83 bits per heavy atom. The molecule has 2 aromatic rings. The van der Waals surface area contributed by atoms with Gasteiger partial charge in [-0.1, -0.05) is 47.0 Å². The van der Waals surface area contributed by atoms with E-state index in [4.69, 9.17) is 32.7 Å². The van der Waals surface area contributed by atoms with Crippen molar-refractivity contribution in [2.75, 3.05) is 13.2 Å². The van der Waals surface area contributed by atoms with Gasteiger partial charge in [-0.05, 0) is 75.4 Å². The van der Waals surface area contributed by atoms with Gasteiger partial charge in [0.1, 0.15) is 6.61 Å². The van der Waals surface area contributed by atoms with E-state index in [1.165, 1.54) is 31.2 Å². The summed E-state index contributed by atoms with van der Waals surface area (Å²) in [6, 6.07) is 11.5. The molecule has 0 amide bonds. The average Bonchev–Trinajstić information content (AvgIpc) is 2.73. The Balaban J connectivity index is 1.57. The third-order valence-corrected chi connectivity index (χ3v) is 5.79. The van der Waals surface area contributed by atoms with Gasteiger partial charge in [-0.15, -0.1) is 0 Å². The quantitative estimate of drug-likeness (QED) is 0.324. The maximum absolute atomic E-state index is 6.24. The molecule has 5 heteroatoms. The fourth-order valence-corrected chi connectivity index (χ4v) is 3.99. The van der Waals surface area contributed by atoms with E-state index in [0.717, 1.165) is 30.8 Å². The molecule has 0 saturated heterocycles. The molecule has 156 valence electrons. The van der Waals surface area contributed by atoms with Crippen LogP contribution in [0.1, 0.15) is 50.2 Å². The summed E-state index contributed by atoms with van der Waals surface area (Å²) in [4.78, 5) is 0. The van der Waals surface area contributed by atoms with E-state index >= 15 is 0 Å². The molecule has 0 saturated carbocycles. The van der Waals surface area contributed by atoms with Crippen LogP contribution in [0.2, 0.25) is 10.0 Å². The number of rotatable bonds is 10. The number of hydrogen-bond acceptors (Lipinski definition) is 3. The van der Waals surface area contributed by atoms with Crippen molar-refractivity contribution in [2.24, 2.45) is 0 Å². The van der Waals surface area contributed by atoms with Gasteiger partial charge in [0.15, 0.2) is 11.5 Å². The molecule has 3 nitrogen and oxygen atoms in total. The van der Waals surface area contributed by atoms with Gasteiger partial charge in [0.2, 0.25) is 0 Å². The summed E-state index contributed by atoms with van der Waals surface area (Å²) < 4.78 is 11.8. The van der Waals surface area contributed by atoms with E-state index in [1.54, 1.807) is 5.57 Å². The molecule has 0 unspecified atom stereocenters. The summed E-state index contributed by atoms with van der Waals surface area (Å²) in [5, 5.41) is 4.74. The lowest BCUT2D eigenvalue weighted by Crippen LogP contribution is -2.15. The second kappa shape index (κ2) is 11.5. The molecule has 1 aliphatic rings. The van der Waals surface area contributed by atoms with Gasteiger partial charge in [-0.3, -0.25) is 0 Å². The first-order valence-corrected chi connectivity index (χ1v) is 11.1. The van der Waals surface area contributed by atoms with Gasteiger partial charge in [-0.2, -0.15) is 0 Å². The Kier molecular flexibility index (Phi) is 8.72. The molecular formula is C24H29Cl2NO2. The van der Waals surface area contributed by atoms with Gasteiger partial charge in [0.25, 0.3) is 0 Å². The highest BCUT2D eigenvalue weighted by Gasteiger charge is 2.11. The third kappa shape index (κ3) is 6.67. The normalized spacial score (nSPS) is 13.8. The van der Waals surface area contributed by atoms with Crippen LogP contribution >= 0.6 is 23.2 Å². The topological polar surface area (TPSA) is 30.5 Å². The van der Waals surface area contributed by atoms with Crippen LogP contribution in [0.3, 0.4) is 0 Å². The van der Waals surface area contributed by atoms with Gasteiger partial charge in [0, 0.05) is 22.2 Å². The van der Waals surface area contributed by atoms with E-state index in [9.17, 15) is 0 Å². The molecule has 29 heavy (non-hydrogen) atoms. The van der Waals surface area contributed by atoms with Crippen LogP contribution in [0.25, 0.3) is 0 Å². The van der Waals surface area contributed by atoms with Crippen LogP contribution < -0.4 is 14.8 Å².